The smallest absolute Gasteiger partial charge is 0.305 e. The van der Waals surface area contributed by atoms with Crippen LogP contribution in [0.4, 0.5) is 0 Å². The molecule has 1 aliphatic heterocycles. The van der Waals surface area contributed by atoms with E-state index in [0.29, 0.717) is 12.6 Å². The first-order chi connectivity index (χ1) is 9.68. The van der Waals surface area contributed by atoms with E-state index in [0.717, 1.165) is 12.8 Å². The normalized spacial score (nSPS) is 24.0. The number of carbonyl (C=O) groups is 3. The van der Waals surface area contributed by atoms with E-state index in [9.17, 15) is 14.4 Å². The number of hydrogen-bond acceptors (Lipinski definition) is 3. The number of nitrogens with zero attached hydrogens (tertiary/aromatic N) is 1. The minimum atomic E-state index is -0.933. The monoisotopic (exact) mass is 296 g/mol. The molecular weight excluding hydrogens is 272 g/mol. The van der Waals surface area contributed by atoms with Crippen molar-refractivity contribution in [3.05, 3.63) is 0 Å². The van der Waals surface area contributed by atoms with E-state index in [2.05, 4.69) is 5.32 Å². The second kappa shape index (κ2) is 5.66. The van der Waals surface area contributed by atoms with E-state index in [-0.39, 0.29) is 36.0 Å². The van der Waals surface area contributed by atoms with Gasteiger partial charge in [-0.2, -0.15) is 0 Å². The number of aliphatic carboxylic acids is 1. The Balaban J connectivity index is 1.96. The van der Waals surface area contributed by atoms with Gasteiger partial charge in [0.25, 0.3) is 0 Å². The zero-order valence-electron chi connectivity index (χ0n) is 12.9. The van der Waals surface area contributed by atoms with Gasteiger partial charge in [0.2, 0.25) is 11.8 Å². The summed E-state index contributed by atoms with van der Waals surface area (Å²) >= 11 is 0. The number of carboxylic acids is 1. The topological polar surface area (TPSA) is 86.7 Å². The number of hydrogen-bond donors (Lipinski definition) is 2. The molecule has 2 rings (SSSR count). The molecule has 0 aromatic rings. The van der Waals surface area contributed by atoms with Gasteiger partial charge in [-0.3, -0.25) is 14.4 Å². The fourth-order valence-corrected chi connectivity index (χ4v) is 2.68. The number of likely N-dealkylation sites (tertiary alicyclic amines) is 1. The van der Waals surface area contributed by atoms with E-state index in [1.54, 1.807) is 4.90 Å². The SMILES string of the molecule is CC(C)(C)C(CC(=O)O)NC(=O)C1CC(=O)N(C2CC2)C1. The zero-order chi connectivity index (χ0) is 15.8. The van der Waals surface area contributed by atoms with Crippen LogP contribution in [0.5, 0.6) is 0 Å². The van der Waals surface area contributed by atoms with Crippen molar-refractivity contribution in [3.63, 3.8) is 0 Å². The van der Waals surface area contributed by atoms with Crippen LogP contribution in [-0.4, -0.2) is 46.4 Å². The molecule has 21 heavy (non-hydrogen) atoms. The zero-order valence-corrected chi connectivity index (χ0v) is 12.9. The summed E-state index contributed by atoms with van der Waals surface area (Å²) in [5, 5.41) is 11.8. The van der Waals surface area contributed by atoms with Crippen molar-refractivity contribution < 1.29 is 19.5 Å². The van der Waals surface area contributed by atoms with Gasteiger partial charge in [0.1, 0.15) is 0 Å². The van der Waals surface area contributed by atoms with Gasteiger partial charge in [-0.1, -0.05) is 20.8 Å². The highest BCUT2D eigenvalue weighted by Gasteiger charge is 2.42. The van der Waals surface area contributed by atoms with Gasteiger partial charge in [-0.25, -0.2) is 0 Å². The molecule has 1 saturated heterocycles. The summed E-state index contributed by atoms with van der Waals surface area (Å²) in [7, 11) is 0. The second-order valence-electron chi connectivity index (χ2n) is 7.20. The Bertz CT molecular complexity index is 451. The number of amides is 2. The van der Waals surface area contributed by atoms with Crippen molar-refractivity contribution in [3.8, 4) is 0 Å². The lowest BCUT2D eigenvalue weighted by molar-refractivity contribution is -0.139. The third-order valence-electron chi connectivity index (χ3n) is 4.26. The molecule has 0 bridgehead atoms. The minimum Gasteiger partial charge on any atom is -0.481 e. The summed E-state index contributed by atoms with van der Waals surface area (Å²) in [6.45, 7) is 6.17. The van der Waals surface area contributed by atoms with Gasteiger partial charge < -0.3 is 15.3 Å². The number of carboxylic acid groups (broad SMARTS) is 1. The standard InChI is InChI=1S/C15H24N2O4/c1-15(2,3)11(7-13(19)20)16-14(21)9-6-12(18)17(8-9)10-4-5-10/h9-11H,4-8H2,1-3H3,(H,16,21)(H,19,20). The van der Waals surface area contributed by atoms with E-state index in [1.165, 1.54) is 0 Å². The van der Waals surface area contributed by atoms with Crippen LogP contribution in [-0.2, 0) is 14.4 Å². The van der Waals surface area contributed by atoms with E-state index in [1.807, 2.05) is 20.8 Å². The van der Waals surface area contributed by atoms with Gasteiger partial charge in [0.05, 0.1) is 12.3 Å². The quantitative estimate of drug-likeness (QED) is 0.792. The highest BCUT2D eigenvalue weighted by atomic mass is 16.4. The van der Waals surface area contributed by atoms with Crippen LogP contribution in [0.1, 0.15) is 46.5 Å². The van der Waals surface area contributed by atoms with Crippen molar-refractivity contribution in [1.29, 1.82) is 0 Å². The van der Waals surface area contributed by atoms with E-state index in [4.69, 9.17) is 5.11 Å². The van der Waals surface area contributed by atoms with Crippen LogP contribution in [0.15, 0.2) is 0 Å². The van der Waals surface area contributed by atoms with Crippen molar-refractivity contribution >= 4 is 17.8 Å². The second-order valence-corrected chi connectivity index (χ2v) is 7.20. The van der Waals surface area contributed by atoms with Gasteiger partial charge >= 0.3 is 5.97 Å². The van der Waals surface area contributed by atoms with E-state index < -0.39 is 12.0 Å². The largest absolute Gasteiger partial charge is 0.481 e. The Morgan fingerprint density at radius 3 is 2.48 bits per heavy atom. The molecule has 0 aromatic carbocycles. The highest BCUT2D eigenvalue weighted by molar-refractivity contribution is 5.89. The van der Waals surface area contributed by atoms with Gasteiger partial charge in [-0.15, -0.1) is 0 Å². The lowest BCUT2D eigenvalue weighted by atomic mass is 9.84. The maximum atomic E-state index is 12.3. The average Bonchev–Trinajstić information content (AvgIpc) is 3.10. The molecule has 2 unspecified atom stereocenters. The molecule has 0 radical (unpaired) electrons. The lowest BCUT2D eigenvalue weighted by Gasteiger charge is -2.31. The highest BCUT2D eigenvalue weighted by Crippen LogP contribution is 2.33. The molecule has 0 aromatic heterocycles. The van der Waals surface area contributed by atoms with Crippen LogP contribution in [0, 0.1) is 11.3 Å². The number of nitrogens with one attached hydrogen (secondary N) is 1. The summed E-state index contributed by atoms with van der Waals surface area (Å²) < 4.78 is 0. The fourth-order valence-electron chi connectivity index (χ4n) is 2.68. The molecular formula is C15H24N2O4. The van der Waals surface area contributed by atoms with Crippen LogP contribution in [0.3, 0.4) is 0 Å². The molecule has 118 valence electrons. The van der Waals surface area contributed by atoms with Crippen LogP contribution < -0.4 is 5.32 Å². The molecule has 6 nitrogen and oxygen atoms in total. The molecule has 1 heterocycles. The molecule has 2 amide bonds. The first kappa shape index (κ1) is 15.8. The van der Waals surface area contributed by atoms with Gasteiger partial charge in [0, 0.05) is 25.0 Å². The Kier molecular flexibility index (Phi) is 4.25. The predicted molar refractivity (Wildman–Crippen MR) is 76.5 cm³/mol. The van der Waals surface area contributed by atoms with Crippen LogP contribution >= 0.6 is 0 Å². The lowest BCUT2D eigenvalue weighted by Crippen LogP contribution is -2.47. The average molecular weight is 296 g/mol. The van der Waals surface area contributed by atoms with E-state index >= 15 is 0 Å². The Morgan fingerprint density at radius 2 is 2.00 bits per heavy atom. The molecule has 0 spiro atoms. The molecule has 2 fully saturated rings. The van der Waals surface area contributed by atoms with Crippen molar-refractivity contribution in [2.45, 2.75) is 58.5 Å². The van der Waals surface area contributed by atoms with Gasteiger partial charge in [0.15, 0.2) is 0 Å². The summed E-state index contributed by atoms with van der Waals surface area (Å²) in [5.74, 6) is -1.44. The summed E-state index contributed by atoms with van der Waals surface area (Å²) in [6, 6.07) is -0.111. The minimum absolute atomic E-state index is 0.0446. The molecule has 1 aliphatic carbocycles. The number of carbonyl (C=O) groups excluding carboxylic acids is 2. The van der Waals surface area contributed by atoms with Crippen molar-refractivity contribution in [2.24, 2.45) is 11.3 Å². The maximum absolute atomic E-state index is 12.3. The van der Waals surface area contributed by atoms with Crippen molar-refractivity contribution in [1.82, 2.24) is 10.2 Å². The molecule has 2 aliphatic rings. The maximum Gasteiger partial charge on any atom is 0.305 e. The molecule has 6 heteroatoms. The predicted octanol–water partition coefficient (Wildman–Crippen LogP) is 1.00. The third-order valence-corrected chi connectivity index (χ3v) is 4.26. The number of rotatable bonds is 5. The first-order valence-corrected chi connectivity index (χ1v) is 7.50. The van der Waals surface area contributed by atoms with Crippen LogP contribution in [0.2, 0.25) is 0 Å². The Morgan fingerprint density at radius 1 is 1.38 bits per heavy atom. The van der Waals surface area contributed by atoms with Gasteiger partial charge in [-0.05, 0) is 18.3 Å². The third kappa shape index (κ3) is 3.95. The summed E-state index contributed by atoms with van der Waals surface area (Å²) in [6.07, 6.45) is 2.20. The molecule has 2 N–H and O–H groups in total. The Hall–Kier alpha value is -1.59. The summed E-state index contributed by atoms with van der Waals surface area (Å²) in [4.78, 5) is 37.0. The molecule has 2 atom stereocenters. The summed E-state index contributed by atoms with van der Waals surface area (Å²) in [5.41, 5.74) is -0.340. The van der Waals surface area contributed by atoms with Crippen LogP contribution in [0.25, 0.3) is 0 Å². The van der Waals surface area contributed by atoms with Crippen molar-refractivity contribution in [2.75, 3.05) is 6.54 Å². The Labute approximate surface area is 124 Å². The molecule has 1 saturated carbocycles. The fraction of sp³-hybridized carbons (Fsp3) is 0.800. The first-order valence-electron chi connectivity index (χ1n) is 7.50.